The fourth-order valence-corrected chi connectivity index (χ4v) is 7.03. The molecule has 3 atom stereocenters. The number of unbranched alkanes of at least 4 members (excludes halogenated alkanes) is 22. The number of aliphatic hydroxyl groups is 2. The van der Waals surface area contributed by atoms with Gasteiger partial charge < -0.3 is 20.3 Å². The molecule has 0 heterocycles. The van der Waals surface area contributed by atoms with Gasteiger partial charge in [0.15, 0.2) is 0 Å². The van der Waals surface area contributed by atoms with Gasteiger partial charge in [-0.05, 0) is 83.5 Å². The zero-order chi connectivity index (χ0) is 41.0. The number of amides is 1. The molecule has 0 radical (unpaired) electrons. The van der Waals surface area contributed by atoms with Gasteiger partial charge in [0.05, 0.1) is 25.2 Å². The predicted molar refractivity (Wildman–Crippen MR) is 241 cm³/mol. The number of ether oxygens (including phenoxy) is 1. The lowest BCUT2D eigenvalue weighted by molar-refractivity contribution is -0.151. The highest BCUT2D eigenvalue weighted by atomic mass is 16.5. The molecule has 0 spiro atoms. The van der Waals surface area contributed by atoms with Crippen molar-refractivity contribution in [1.29, 1.82) is 0 Å². The van der Waals surface area contributed by atoms with Crippen molar-refractivity contribution in [2.45, 2.75) is 251 Å². The Balaban J connectivity index is 4.65. The molecule has 0 rings (SSSR count). The molecular formula is C50H91NO5. The predicted octanol–water partition coefficient (Wildman–Crippen LogP) is 13.9. The van der Waals surface area contributed by atoms with E-state index in [1.165, 1.54) is 96.3 Å². The average molecular weight is 786 g/mol. The van der Waals surface area contributed by atoms with E-state index in [2.05, 4.69) is 74.7 Å². The number of hydrogen-bond donors (Lipinski definition) is 3. The molecule has 0 aliphatic carbocycles. The van der Waals surface area contributed by atoms with Gasteiger partial charge >= 0.3 is 5.97 Å². The summed E-state index contributed by atoms with van der Waals surface area (Å²) in [7, 11) is 0. The van der Waals surface area contributed by atoms with Crippen LogP contribution in [-0.2, 0) is 14.3 Å². The topological polar surface area (TPSA) is 95.9 Å². The van der Waals surface area contributed by atoms with Crippen LogP contribution in [0.2, 0.25) is 0 Å². The molecule has 0 saturated carbocycles. The third-order valence-electron chi connectivity index (χ3n) is 10.6. The van der Waals surface area contributed by atoms with Crippen molar-refractivity contribution in [1.82, 2.24) is 5.32 Å². The Kier molecular flexibility index (Phi) is 42.2. The second kappa shape index (κ2) is 43.9. The maximum absolute atomic E-state index is 13.1. The highest BCUT2D eigenvalue weighted by molar-refractivity contribution is 5.77. The van der Waals surface area contributed by atoms with Crippen molar-refractivity contribution >= 4 is 11.9 Å². The Morgan fingerprint density at radius 1 is 0.536 bits per heavy atom. The lowest BCUT2D eigenvalue weighted by Crippen LogP contribution is -2.46. The molecule has 6 heteroatoms. The summed E-state index contributed by atoms with van der Waals surface area (Å²) in [6, 6.07) is -0.714. The fourth-order valence-electron chi connectivity index (χ4n) is 7.03. The van der Waals surface area contributed by atoms with Crippen LogP contribution >= 0.6 is 0 Å². The minimum atomic E-state index is -0.798. The molecule has 0 bridgehead atoms. The molecule has 0 aromatic heterocycles. The second-order valence-corrected chi connectivity index (χ2v) is 16.1. The third-order valence-corrected chi connectivity index (χ3v) is 10.6. The van der Waals surface area contributed by atoms with Crippen LogP contribution in [0.1, 0.15) is 233 Å². The van der Waals surface area contributed by atoms with Crippen molar-refractivity contribution < 1.29 is 24.5 Å². The zero-order valence-corrected chi connectivity index (χ0v) is 37.0. The molecule has 6 nitrogen and oxygen atoms in total. The average Bonchev–Trinajstić information content (AvgIpc) is 3.19. The zero-order valence-electron chi connectivity index (χ0n) is 37.0. The maximum atomic E-state index is 13.1. The van der Waals surface area contributed by atoms with E-state index in [1.807, 2.05) is 0 Å². The van der Waals surface area contributed by atoms with Crippen molar-refractivity contribution in [2.24, 2.45) is 0 Å². The lowest BCUT2D eigenvalue weighted by atomic mass is 10.0. The van der Waals surface area contributed by atoms with Gasteiger partial charge in [0.25, 0.3) is 0 Å². The first-order valence-corrected chi connectivity index (χ1v) is 23.9. The molecule has 0 aromatic carbocycles. The quantitative estimate of drug-likeness (QED) is 0.0325. The van der Waals surface area contributed by atoms with E-state index >= 15 is 0 Å². The molecule has 0 aromatic rings. The van der Waals surface area contributed by atoms with Crippen LogP contribution in [0.3, 0.4) is 0 Å². The number of aliphatic hydroxyl groups excluding tert-OH is 2. The van der Waals surface area contributed by atoms with E-state index < -0.39 is 18.2 Å². The van der Waals surface area contributed by atoms with Gasteiger partial charge in [0.2, 0.25) is 5.91 Å². The van der Waals surface area contributed by atoms with Gasteiger partial charge in [0, 0.05) is 6.42 Å². The second-order valence-electron chi connectivity index (χ2n) is 16.1. The maximum Gasteiger partial charge on any atom is 0.306 e. The Morgan fingerprint density at radius 2 is 0.964 bits per heavy atom. The molecule has 326 valence electrons. The highest BCUT2D eigenvalue weighted by Crippen LogP contribution is 2.17. The first kappa shape index (κ1) is 53.8. The van der Waals surface area contributed by atoms with Crippen LogP contribution in [0.25, 0.3) is 0 Å². The summed E-state index contributed by atoms with van der Waals surface area (Å²) in [6.45, 7) is 6.33. The molecule has 3 unspecified atom stereocenters. The van der Waals surface area contributed by atoms with Gasteiger partial charge in [-0.25, -0.2) is 0 Å². The largest absolute Gasteiger partial charge is 0.462 e. The Hall–Kier alpha value is -2.18. The van der Waals surface area contributed by atoms with Gasteiger partial charge in [-0.1, -0.05) is 185 Å². The first-order valence-electron chi connectivity index (χ1n) is 23.9. The Morgan fingerprint density at radius 3 is 1.50 bits per heavy atom. The van der Waals surface area contributed by atoms with Gasteiger partial charge in [-0.2, -0.15) is 0 Å². The number of hydrogen-bond acceptors (Lipinski definition) is 5. The molecule has 3 N–H and O–H groups in total. The van der Waals surface area contributed by atoms with Gasteiger partial charge in [0.1, 0.15) is 6.10 Å². The summed E-state index contributed by atoms with van der Waals surface area (Å²) in [5.74, 6) is -0.531. The molecule has 1 amide bonds. The van der Waals surface area contributed by atoms with Crippen LogP contribution in [-0.4, -0.2) is 46.9 Å². The van der Waals surface area contributed by atoms with Crippen LogP contribution in [0, 0.1) is 0 Å². The number of esters is 1. The number of allylic oxidation sites excluding steroid dienone is 8. The van der Waals surface area contributed by atoms with Crippen LogP contribution in [0.15, 0.2) is 48.6 Å². The summed E-state index contributed by atoms with van der Waals surface area (Å²) in [5.41, 5.74) is 0. The van der Waals surface area contributed by atoms with Crippen molar-refractivity contribution in [2.75, 3.05) is 6.61 Å². The molecular weight excluding hydrogens is 695 g/mol. The molecule has 0 fully saturated rings. The molecule has 0 aliphatic rings. The van der Waals surface area contributed by atoms with E-state index in [4.69, 9.17) is 4.74 Å². The third kappa shape index (κ3) is 38.7. The number of rotatable bonds is 42. The number of carbonyl (C=O) groups excluding carboxylic acids is 2. The van der Waals surface area contributed by atoms with Crippen molar-refractivity contribution in [3.8, 4) is 0 Å². The number of carbonyl (C=O) groups is 2. The first-order chi connectivity index (χ1) is 27.5. The van der Waals surface area contributed by atoms with Crippen LogP contribution < -0.4 is 5.32 Å². The van der Waals surface area contributed by atoms with Gasteiger partial charge in [-0.15, -0.1) is 0 Å². The Labute approximate surface area is 346 Å². The monoisotopic (exact) mass is 786 g/mol. The van der Waals surface area contributed by atoms with Crippen LogP contribution in [0.5, 0.6) is 0 Å². The van der Waals surface area contributed by atoms with Crippen molar-refractivity contribution in [3.63, 3.8) is 0 Å². The summed E-state index contributed by atoms with van der Waals surface area (Å²) >= 11 is 0. The van der Waals surface area contributed by atoms with E-state index in [1.54, 1.807) is 0 Å². The summed E-state index contributed by atoms with van der Waals surface area (Å²) in [5, 5.41) is 23.6. The van der Waals surface area contributed by atoms with E-state index in [0.29, 0.717) is 19.3 Å². The lowest BCUT2D eigenvalue weighted by Gasteiger charge is -2.24. The van der Waals surface area contributed by atoms with E-state index in [0.717, 1.165) is 89.9 Å². The smallest absolute Gasteiger partial charge is 0.306 e. The molecule has 0 saturated heterocycles. The SMILES string of the molecule is CC/C=C/C/C=C/C/C=C/CCCCC(CC(=O)NC(CO)C(O)CCCCCCCCCCCCC)OC(=O)CCCCC/C=C\CCCCCCCCC. The van der Waals surface area contributed by atoms with Gasteiger partial charge in [-0.3, -0.25) is 9.59 Å². The van der Waals surface area contributed by atoms with E-state index in [-0.39, 0.29) is 24.9 Å². The summed E-state index contributed by atoms with van der Waals surface area (Å²) < 4.78 is 5.88. The minimum absolute atomic E-state index is 0.0457. The van der Waals surface area contributed by atoms with E-state index in [9.17, 15) is 19.8 Å². The summed E-state index contributed by atoms with van der Waals surface area (Å²) in [6.07, 6.45) is 51.7. The normalized spacial score (nSPS) is 13.7. The van der Waals surface area contributed by atoms with Crippen LogP contribution in [0.4, 0.5) is 0 Å². The standard InChI is InChI=1S/C50H91NO5/c1-4-7-10-13-16-19-22-24-25-28-31-34-37-40-43-50(55)56-46(41-38-35-32-29-27-23-20-17-14-11-8-5-2)44-49(54)51-47(45-52)48(53)42-39-36-33-30-26-21-18-15-12-9-6-3/h8,11,17,20,25,27-29,46-48,52-53H,4-7,9-10,12-16,18-19,21-24,26,30-45H2,1-3H3,(H,51,54)/b11-8+,20-17+,28-25-,29-27+. The molecule has 0 aliphatic heterocycles. The summed E-state index contributed by atoms with van der Waals surface area (Å²) in [4.78, 5) is 26.0. The van der Waals surface area contributed by atoms with Crippen molar-refractivity contribution in [3.05, 3.63) is 48.6 Å². The highest BCUT2D eigenvalue weighted by Gasteiger charge is 2.24. The fraction of sp³-hybridized carbons (Fsp3) is 0.800. The number of nitrogens with one attached hydrogen (secondary N) is 1. The Bertz CT molecular complexity index is 972. The minimum Gasteiger partial charge on any atom is -0.462 e. The molecule has 56 heavy (non-hydrogen) atoms.